The summed E-state index contributed by atoms with van der Waals surface area (Å²) in [4.78, 5) is 14.9. The van der Waals surface area contributed by atoms with Crippen molar-refractivity contribution in [3.63, 3.8) is 0 Å². The lowest BCUT2D eigenvalue weighted by Crippen LogP contribution is -2.18. The molecule has 1 fully saturated rings. The lowest BCUT2D eigenvalue weighted by atomic mass is 9.90. The Bertz CT molecular complexity index is 1560. The number of carboxylic acid groups (broad SMARTS) is 1. The Morgan fingerprint density at radius 3 is 2.48 bits per heavy atom. The highest BCUT2D eigenvalue weighted by Gasteiger charge is 2.55. The number of carboxylic acids is 1. The minimum atomic E-state index is -0.943. The topological polar surface area (TPSA) is 70.4 Å². The van der Waals surface area contributed by atoms with E-state index in [0.717, 1.165) is 47.0 Å². The van der Waals surface area contributed by atoms with Crippen LogP contribution in [0, 0.1) is 5.41 Å². The maximum atomic E-state index is 12.5. The van der Waals surface area contributed by atoms with Gasteiger partial charge in [0.1, 0.15) is 6.17 Å². The Balaban J connectivity index is 0.000000343. The molecule has 0 aliphatic heterocycles. The highest BCUT2D eigenvalue weighted by atomic mass is 35.5. The molecule has 1 aliphatic carbocycles. The molecule has 0 amide bonds. The number of aliphatic hydroxyl groups is 1. The number of hydrogen-bond donors (Lipinski definition) is 3. The molecule has 7 heteroatoms. The summed E-state index contributed by atoms with van der Waals surface area (Å²) in [7, 11) is 0. The van der Waals surface area contributed by atoms with Crippen molar-refractivity contribution in [2.45, 2.75) is 57.7 Å². The molecule has 0 bridgehead atoms. The van der Waals surface area contributed by atoms with Crippen molar-refractivity contribution in [2.75, 3.05) is 5.75 Å². The van der Waals surface area contributed by atoms with Crippen LogP contribution in [0.25, 0.3) is 23.1 Å². The van der Waals surface area contributed by atoms with Gasteiger partial charge in [0.05, 0.1) is 23.2 Å². The summed E-state index contributed by atoms with van der Waals surface area (Å²) in [6.07, 6.45) is 6.46. The van der Waals surface area contributed by atoms with Crippen molar-refractivity contribution >= 4 is 53.3 Å². The Hall–Kier alpha value is -3.19. The molecule has 3 aromatic carbocycles. The number of nitrogens with zero attached hydrogens (tertiary/aromatic N) is 1. The molecule has 220 valence electrons. The Morgan fingerprint density at radius 1 is 1.07 bits per heavy atom. The zero-order valence-corrected chi connectivity index (χ0v) is 25.6. The van der Waals surface area contributed by atoms with Gasteiger partial charge >= 0.3 is 5.97 Å². The molecule has 4 nitrogen and oxygen atoms in total. The molecule has 4 aromatic rings. The molecule has 0 saturated heterocycles. The first-order valence-corrected chi connectivity index (χ1v) is 15.1. The third-order valence-corrected chi connectivity index (χ3v) is 8.43. The fraction of sp³-hybridized carbons (Fsp3) is 0.314. The Labute approximate surface area is 257 Å². The second-order valence-corrected chi connectivity index (χ2v) is 12.2. The minimum absolute atomic E-state index is 0.0856. The SMILES string of the molecule is CC(C)(O)c1ccccc1CCCc1cccc(/C=C/c2ccc3ccc(Cl)cc3n2)c1.O=C(O)CC1(CS)CC1F. The van der Waals surface area contributed by atoms with Gasteiger partial charge in [-0.1, -0.05) is 78.3 Å². The first-order chi connectivity index (χ1) is 20.0. The summed E-state index contributed by atoms with van der Waals surface area (Å²) in [5, 5.41) is 20.5. The number of benzene rings is 3. The number of pyridine rings is 1. The third kappa shape index (κ3) is 8.66. The highest BCUT2D eigenvalue weighted by molar-refractivity contribution is 7.80. The zero-order valence-electron chi connectivity index (χ0n) is 23.9. The summed E-state index contributed by atoms with van der Waals surface area (Å²) < 4.78 is 12.5. The number of fused-ring (bicyclic) bond motifs is 1. The van der Waals surface area contributed by atoms with Crippen molar-refractivity contribution in [3.8, 4) is 0 Å². The average molecular weight is 606 g/mol. The van der Waals surface area contributed by atoms with Crippen LogP contribution in [0.4, 0.5) is 4.39 Å². The van der Waals surface area contributed by atoms with Crippen molar-refractivity contribution in [3.05, 3.63) is 112 Å². The number of aromatic nitrogens is 1. The molecule has 42 heavy (non-hydrogen) atoms. The van der Waals surface area contributed by atoms with E-state index in [1.807, 2.05) is 62.4 Å². The van der Waals surface area contributed by atoms with Crippen molar-refractivity contribution < 1.29 is 19.4 Å². The van der Waals surface area contributed by atoms with Crippen LogP contribution in [0.1, 0.15) is 61.1 Å². The van der Waals surface area contributed by atoms with Crippen LogP contribution in [0.5, 0.6) is 0 Å². The van der Waals surface area contributed by atoms with Gasteiger partial charge < -0.3 is 10.2 Å². The quantitative estimate of drug-likeness (QED) is 0.158. The van der Waals surface area contributed by atoms with E-state index in [1.54, 1.807) is 0 Å². The second-order valence-electron chi connectivity index (χ2n) is 11.5. The van der Waals surface area contributed by atoms with Gasteiger partial charge in [-0.3, -0.25) is 4.79 Å². The van der Waals surface area contributed by atoms with E-state index in [4.69, 9.17) is 21.7 Å². The summed E-state index contributed by atoms with van der Waals surface area (Å²) >= 11 is 10.00. The number of aryl methyl sites for hydroxylation is 2. The van der Waals surface area contributed by atoms with E-state index in [0.29, 0.717) is 17.2 Å². The first kappa shape index (κ1) is 31.7. The number of aliphatic carboxylic acids is 1. The first-order valence-electron chi connectivity index (χ1n) is 14.1. The maximum Gasteiger partial charge on any atom is 0.304 e. The van der Waals surface area contributed by atoms with E-state index >= 15 is 0 Å². The summed E-state index contributed by atoms with van der Waals surface area (Å²) in [6, 6.07) is 26.7. The third-order valence-electron chi connectivity index (χ3n) is 7.57. The molecule has 1 saturated carbocycles. The minimum Gasteiger partial charge on any atom is -0.481 e. The molecule has 1 heterocycles. The molecule has 1 aromatic heterocycles. The van der Waals surface area contributed by atoms with E-state index < -0.39 is 23.2 Å². The van der Waals surface area contributed by atoms with Gasteiger partial charge in [-0.2, -0.15) is 12.6 Å². The second kappa shape index (κ2) is 13.9. The lowest BCUT2D eigenvalue weighted by molar-refractivity contribution is -0.138. The van der Waals surface area contributed by atoms with Gasteiger partial charge in [0.2, 0.25) is 0 Å². The lowest BCUT2D eigenvalue weighted by Gasteiger charge is -2.21. The van der Waals surface area contributed by atoms with Gasteiger partial charge in [0, 0.05) is 15.8 Å². The van der Waals surface area contributed by atoms with Crippen LogP contribution in [-0.4, -0.2) is 33.1 Å². The number of carbonyl (C=O) groups is 1. The maximum absolute atomic E-state index is 12.5. The van der Waals surface area contributed by atoms with Gasteiger partial charge in [0.25, 0.3) is 0 Å². The zero-order chi connectivity index (χ0) is 30.3. The van der Waals surface area contributed by atoms with E-state index in [2.05, 4.69) is 55.1 Å². The predicted octanol–water partition coefficient (Wildman–Crippen LogP) is 8.58. The molecular formula is C35H37ClFNO3S. The predicted molar refractivity (Wildman–Crippen MR) is 174 cm³/mol. The molecule has 1 aliphatic rings. The Morgan fingerprint density at radius 2 is 1.81 bits per heavy atom. The highest BCUT2D eigenvalue weighted by Crippen LogP contribution is 2.52. The largest absolute Gasteiger partial charge is 0.481 e. The van der Waals surface area contributed by atoms with Crippen molar-refractivity contribution in [1.82, 2.24) is 4.98 Å². The van der Waals surface area contributed by atoms with Crippen LogP contribution >= 0.6 is 24.2 Å². The van der Waals surface area contributed by atoms with Crippen LogP contribution in [0.15, 0.2) is 78.9 Å². The molecular weight excluding hydrogens is 569 g/mol. The molecule has 2 atom stereocenters. The van der Waals surface area contributed by atoms with Crippen LogP contribution in [0.3, 0.4) is 0 Å². The fourth-order valence-corrected chi connectivity index (χ4v) is 5.66. The standard InChI is InChI=1S/C29H28ClNO.C6H9FO2S/c1-29(2,32)27-12-4-3-10-23(27)11-6-9-21-7-5-8-22(19-21)13-17-26-18-15-24-14-16-25(30)20-28(24)31-26;7-4-1-6(4,3-10)2-5(8)9/h3-5,7-8,10,12-20,32H,6,9,11H2,1-2H3;4,10H,1-3H2,(H,8,9)/b17-13+;. The molecule has 0 radical (unpaired) electrons. The number of rotatable bonds is 10. The Kier molecular flexibility index (Phi) is 10.5. The van der Waals surface area contributed by atoms with E-state index in [9.17, 15) is 14.3 Å². The fourth-order valence-electron chi connectivity index (χ4n) is 5.05. The monoisotopic (exact) mass is 605 g/mol. The molecule has 5 rings (SSSR count). The van der Waals surface area contributed by atoms with Gasteiger partial charge in [-0.25, -0.2) is 9.37 Å². The van der Waals surface area contributed by atoms with Gasteiger partial charge in [-0.15, -0.1) is 0 Å². The van der Waals surface area contributed by atoms with Gasteiger partial charge in [-0.05, 0) is 91.8 Å². The number of alkyl halides is 1. The number of hydrogen-bond acceptors (Lipinski definition) is 4. The number of halogens is 2. The van der Waals surface area contributed by atoms with Gasteiger partial charge in [0.15, 0.2) is 0 Å². The average Bonchev–Trinajstić information content (AvgIpc) is 3.59. The van der Waals surface area contributed by atoms with E-state index in [1.165, 1.54) is 11.1 Å². The summed E-state index contributed by atoms with van der Waals surface area (Å²) in [5.74, 6) is -0.602. The van der Waals surface area contributed by atoms with E-state index in [-0.39, 0.29) is 6.42 Å². The van der Waals surface area contributed by atoms with Crippen LogP contribution < -0.4 is 0 Å². The summed E-state index contributed by atoms with van der Waals surface area (Å²) in [5.41, 5.74) is 5.07. The van der Waals surface area contributed by atoms with Crippen molar-refractivity contribution in [1.29, 1.82) is 0 Å². The molecule has 0 spiro atoms. The normalized spacial score (nSPS) is 18.1. The molecule has 2 unspecified atom stereocenters. The smallest absolute Gasteiger partial charge is 0.304 e. The van der Waals surface area contributed by atoms with Crippen LogP contribution in [-0.2, 0) is 23.2 Å². The molecule has 2 N–H and O–H groups in total. The number of thiol groups is 1. The van der Waals surface area contributed by atoms with Crippen LogP contribution in [0.2, 0.25) is 5.02 Å². The summed E-state index contributed by atoms with van der Waals surface area (Å²) in [6.45, 7) is 3.70. The van der Waals surface area contributed by atoms with Crippen molar-refractivity contribution in [2.24, 2.45) is 5.41 Å².